The van der Waals surface area contributed by atoms with Gasteiger partial charge >= 0.3 is 0 Å². The molecule has 3 aromatic rings. The summed E-state index contributed by atoms with van der Waals surface area (Å²) in [5.74, 6) is -0.0833. The summed E-state index contributed by atoms with van der Waals surface area (Å²) in [6.07, 6.45) is 1.30. The highest BCUT2D eigenvalue weighted by Gasteiger charge is 2.18. The van der Waals surface area contributed by atoms with Crippen LogP contribution in [0.2, 0.25) is 5.02 Å². The van der Waals surface area contributed by atoms with Crippen LogP contribution in [-0.2, 0) is 0 Å². The van der Waals surface area contributed by atoms with Gasteiger partial charge in [0.2, 0.25) is 5.89 Å². The fourth-order valence-corrected chi connectivity index (χ4v) is 2.19. The fourth-order valence-electron chi connectivity index (χ4n) is 2.07. The highest BCUT2D eigenvalue weighted by molar-refractivity contribution is 6.30. The molecule has 0 spiro atoms. The number of nitrogens with two attached hydrogens (primary N) is 1. The minimum atomic E-state index is -0.520. The Bertz CT molecular complexity index is 800. The van der Waals surface area contributed by atoms with E-state index in [4.69, 9.17) is 21.8 Å². The van der Waals surface area contributed by atoms with Gasteiger partial charge in [-0.15, -0.1) is 0 Å². The van der Waals surface area contributed by atoms with E-state index in [0.717, 1.165) is 5.56 Å². The number of hydrogen-bond acceptors (Lipinski definition) is 4. The first-order chi connectivity index (χ1) is 11.1. The van der Waals surface area contributed by atoms with Crippen molar-refractivity contribution >= 4 is 23.2 Å². The van der Waals surface area contributed by atoms with Crippen LogP contribution in [0.4, 0.5) is 5.69 Å². The van der Waals surface area contributed by atoms with Gasteiger partial charge < -0.3 is 15.5 Å². The normalized spacial score (nSPS) is 11.9. The van der Waals surface area contributed by atoms with Crippen LogP contribution >= 0.6 is 11.6 Å². The average molecular weight is 328 g/mol. The van der Waals surface area contributed by atoms with Crippen LogP contribution in [0.25, 0.3) is 0 Å². The summed E-state index contributed by atoms with van der Waals surface area (Å²) in [5.41, 5.74) is 7.75. The van der Waals surface area contributed by atoms with Crippen LogP contribution in [0.5, 0.6) is 0 Å². The van der Waals surface area contributed by atoms with E-state index < -0.39 is 6.04 Å². The Morgan fingerprint density at radius 3 is 2.52 bits per heavy atom. The van der Waals surface area contributed by atoms with Gasteiger partial charge in [-0.25, -0.2) is 4.98 Å². The molecule has 5 nitrogen and oxygen atoms in total. The van der Waals surface area contributed by atoms with Crippen molar-refractivity contribution in [1.82, 2.24) is 4.98 Å². The molecule has 116 valence electrons. The van der Waals surface area contributed by atoms with Gasteiger partial charge in [0, 0.05) is 10.7 Å². The lowest BCUT2D eigenvalue weighted by Crippen LogP contribution is -2.15. The maximum Gasteiger partial charge on any atom is 0.277 e. The van der Waals surface area contributed by atoms with E-state index in [1.165, 1.54) is 6.26 Å². The zero-order valence-corrected chi connectivity index (χ0v) is 12.8. The SMILES string of the molecule is NC(c1ccccc1)c1nc(C(=O)Nc2ccc(Cl)cc2)co1. The number of amides is 1. The van der Waals surface area contributed by atoms with E-state index in [0.29, 0.717) is 10.7 Å². The van der Waals surface area contributed by atoms with Crippen molar-refractivity contribution in [2.45, 2.75) is 6.04 Å². The third kappa shape index (κ3) is 3.59. The van der Waals surface area contributed by atoms with Gasteiger partial charge in [0.05, 0.1) is 0 Å². The summed E-state index contributed by atoms with van der Waals surface area (Å²) in [6.45, 7) is 0. The topological polar surface area (TPSA) is 81.1 Å². The molecule has 2 aromatic carbocycles. The number of nitrogens with one attached hydrogen (secondary N) is 1. The number of carbonyl (C=O) groups excluding carboxylic acids is 1. The summed E-state index contributed by atoms with van der Waals surface area (Å²) >= 11 is 5.81. The van der Waals surface area contributed by atoms with Crippen LogP contribution in [0.15, 0.2) is 65.3 Å². The Balaban J connectivity index is 1.73. The number of halogens is 1. The lowest BCUT2D eigenvalue weighted by Gasteiger charge is -2.06. The van der Waals surface area contributed by atoms with E-state index >= 15 is 0 Å². The van der Waals surface area contributed by atoms with Crippen LogP contribution in [-0.4, -0.2) is 10.9 Å². The molecule has 3 N–H and O–H groups in total. The molecule has 0 bridgehead atoms. The predicted molar refractivity (Wildman–Crippen MR) is 88.4 cm³/mol. The zero-order chi connectivity index (χ0) is 16.2. The van der Waals surface area contributed by atoms with Crippen LogP contribution < -0.4 is 11.1 Å². The number of carbonyl (C=O) groups is 1. The molecule has 0 radical (unpaired) electrons. The molecule has 6 heteroatoms. The predicted octanol–water partition coefficient (Wildman–Crippen LogP) is 3.63. The van der Waals surface area contributed by atoms with Crippen molar-refractivity contribution in [3.8, 4) is 0 Å². The molecule has 0 saturated carbocycles. The Kier molecular flexibility index (Phi) is 4.41. The number of anilines is 1. The molecule has 1 heterocycles. The van der Waals surface area contributed by atoms with E-state index in [-0.39, 0.29) is 17.5 Å². The van der Waals surface area contributed by atoms with Crippen molar-refractivity contribution in [3.05, 3.63) is 83.0 Å². The van der Waals surface area contributed by atoms with E-state index in [1.54, 1.807) is 24.3 Å². The molecular weight excluding hydrogens is 314 g/mol. The summed E-state index contributed by atoms with van der Waals surface area (Å²) in [7, 11) is 0. The zero-order valence-electron chi connectivity index (χ0n) is 12.1. The molecule has 3 rings (SSSR count). The monoisotopic (exact) mass is 327 g/mol. The lowest BCUT2D eigenvalue weighted by atomic mass is 10.1. The van der Waals surface area contributed by atoms with Crippen molar-refractivity contribution < 1.29 is 9.21 Å². The van der Waals surface area contributed by atoms with Gasteiger partial charge in [0.25, 0.3) is 5.91 Å². The molecule has 0 fully saturated rings. The number of rotatable bonds is 4. The lowest BCUT2D eigenvalue weighted by molar-refractivity contribution is 0.102. The Hall–Kier alpha value is -2.63. The first-order valence-corrected chi connectivity index (χ1v) is 7.34. The van der Waals surface area contributed by atoms with Gasteiger partial charge in [-0.05, 0) is 29.8 Å². The van der Waals surface area contributed by atoms with E-state index in [2.05, 4.69) is 10.3 Å². The number of oxazole rings is 1. The van der Waals surface area contributed by atoms with Crippen molar-refractivity contribution in [2.24, 2.45) is 5.73 Å². The molecule has 0 aliphatic carbocycles. The van der Waals surface area contributed by atoms with Gasteiger partial charge in [0.15, 0.2) is 5.69 Å². The van der Waals surface area contributed by atoms with E-state index in [1.807, 2.05) is 30.3 Å². The number of hydrogen-bond donors (Lipinski definition) is 2. The van der Waals surface area contributed by atoms with Gasteiger partial charge in [-0.3, -0.25) is 4.79 Å². The molecular formula is C17H14ClN3O2. The number of nitrogens with zero attached hydrogens (tertiary/aromatic N) is 1. The largest absolute Gasteiger partial charge is 0.446 e. The van der Waals surface area contributed by atoms with Crippen LogP contribution in [0, 0.1) is 0 Å². The highest BCUT2D eigenvalue weighted by Crippen LogP contribution is 2.19. The van der Waals surface area contributed by atoms with Crippen molar-refractivity contribution in [3.63, 3.8) is 0 Å². The average Bonchev–Trinajstić information content (AvgIpc) is 3.07. The number of aromatic nitrogens is 1. The third-order valence-electron chi connectivity index (χ3n) is 3.28. The minimum Gasteiger partial charge on any atom is -0.446 e. The van der Waals surface area contributed by atoms with Crippen molar-refractivity contribution in [2.75, 3.05) is 5.32 Å². The molecule has 1 unspecified atom stereocenters. The molecule has 0 aliphatic rings. The van der Waals surface area contributed by atoms with Gasteiger partial charge in [0.1, 0.15) is 12.3 Å². The first kappa shape index (κ1) is 15.3. The number of benzene rings is 2. The quantitative estimate of drug-likeness (QED) is 0.766. The Labute approximate surface area is 138 Å². The standard InChI is InChI=1S/C17H14ClN3O2/c18-12-6-8-13(9-7-12)20-16(22)14-10-23-17(21-14)15(19)11-4-2-1-3-5-11/h1-10,15H,19H2,(H,20,22). The second-order valence-electron chi connectivity index (χ2n) is 4.92. The molecule has 1 aromatic heterocycles. The molecule has 0 saturated heterocycles. The third-order valence-corrected chi connectivity index (χ3v) is 3.53. The summed E-state index contributed by atoms with van der Waals surface area (Å²) in [5, 5.41) is 3.31. The summed E-state index contributed by atoms with van der Waals surface area (Å²) in [4.78, 5) is 16.3. The minimum absolute atomic E-state index is 0.168. The molecule has 23 heavy (non-hydrogen) atoms. The maximum absolute atomic E-state index is 12.2. The van der Waals surface area contributed by atoms with Gasteiger partial charge in [-0.2, -0.15) is 0 Å². The summed E-state index contributed by atoms with van der Waals surface area (Å²) < 4.78 is 5.34. The second-order valence-corrected chi connectivity index (χ2v) is 5.36. The second kappa shape index (κ2) is 6.64. The van der Waals surface area contributed by atoms with Crippen molar-refractivity contribution in [1.29, 1.82) is 0 Å². The van der Waals surface area contributed by atoms with E-state index in [9.17, 15) is 4.79 Å². The van der Waals surface area contributed by atoms with Crippen LogP contribution in [0.1, 0.15) is 28.0 Å². The molecule has 1 amide bonds. The maximum atomic E-state index is 12.2. The van der Waals surface area contributed by atoms with Gasteiger partial charge in [-0.1, -0.05) is 41.9 Å². The Morgan fingerprint density at radius 1 is 1.13 bits per heavy atom. The Morgan fingerprint density at radius 2 is 1.83 bits per heavy atom. The molecule has 1 atom stereocenters. The first-order valence-electron chi connectivity index (χ1n) is 6.96. The smallest absolute Gasteiger partial charge is 0.277 e. The van der Waals surface area contributed by atoms with Crippen LogP contribution in [0.3, 0.4) is 0 Å². The fraction of sp³-hybridized carbons (Fsp3) is 0.0588. The summed E-state index contributed by atoms with van der Waals surface area (Å²) in [6, 6.07) is 15.7. The molecule has 0 aliphatic heterocycles. The highest BCUT2D eigenvalue weighted by atomic mass is 35.5.